The van der Waals surface area contributed by atoms with Gasteiger partial charge in [0.25, 0.3) is 0 Å². The average Bonchev–Trinajstić information content (AvgIpc) is 3.14. The second-order valence-corrected chi connectivity index (χ2v) is 5.96. The molecule has 1 aliphatic heterocycles. The molecule has 0 saturated heterocycles. The Kier molecular flexibility index (Phi) is 4.00. The van der Waals surface area contributed by atoms with Crippen molar-refractivity contribution >= 4 is 0 Å². The third kappa shape index (κ3) is 3.30. The Hall–Kier alpha value is -2.67. The third-order valence-corrected chi connectivity index (χ3v) is 4.02. The Labute approximate surface area is 139 Å². The van der Waals surface area contributed by atoms with E-state index in [4.69, 9.17) is 9.15 Å². The molecule has 7 heteroatoms. The molecule has 24 heavy (non-hydrogen) atoms. The molecule has 3 aromatic heterocycles. The van der Waals surface area contributed by atoms with Gasteiger partial charge in [-0.05, 0) is 31.2 Å². The van der Waals surface area contributed by atoms with Crippen LogP contribution in [0.5, 0.6) is 6.01 Å². The topological polar surface area (TPSA) is 69.2 Å². The summed E-state index contributed by atoms with van der Waals surface area (Å²) in [7, 11) is 0. The summed E-state index contributed by atoms with van der Waals surface area (Å²) in [4.78, 5) is 10.6. The van der Waals surface area contributed by atoms with Gasteiger partial charge in [0.2, 0.25) is 0 Å². The molecule has 0 aromatic carbocycles. The number of aryl methyl sites for hydroxylation is 1. The lowest BCUT2D eigenvalue weighted by molar-refractivity contribution is 0.109. The molecule has 0 saturated carbocycles. The van der Waals surface area contributed by atoms with Crippen LogP contribution >= 0.6 is 0 Å². The van der Waals surface area contributed by atoms with Crippen molar-refractivity contribution in [3.8, 4) is 6.01 Å². The van der Waals surface area contributed by atoms with Gasteiger partial charge in [-0.3, -0.25) is 9.58 Å². The standard InChI is InChI=1S/C17H19N5O2/c1-13-3-4-15(23-13)10-21-9-14-5-8-20-22(14)12-16(11-21)24-17-18-6-2-7-19-17/h2-8,16H,9-12H2,1H3/t16-/m1/s1. The highest BCUT2D eigenvalue weighted by Gasteiger charge is 2.25. The van der Waals surface area contributed by atoms with Gasteiger partial charge in [-0.2, -0.15) is 5.10 Å². The maximum atomic E-state index is 5.98. The molecule has 0 bridgehead atoms. The van der Waals surface area contributed by atoms with Gasteiger partial charge < -0.3 is 9.15 Å². The summed E-state index contributed by atoms with van der Waals surface area (Å²) >= 11 is 0. The number of furan rings is 1. The SMILES string of the molecule is Cc1ccc(CN2Cc3ccnn3C[C@H](Oc3ncccn3)C2)o1. The molecule has 0 spiro atoms. The van der Waals surface area contributed by atoms with Crippen LogP contribution < -0.4 is 4.74 Å². The molecule has 0 amide bonds. The van der Waals surface area contributed by atoms with E-state index < -0.39 is 0 Å². The Bertz CT molecular complexity index is 798. The zero-order valence-electron chi connectivity index (χ0n) is 13.5. The summed E-state index contributed by atoms with van der Waals surface area (Å²) in [5, 5.41) is 4.40. The lowest BCUT2D eigenvalue weighted by Crippen LogP contribution is -2.35. The van der Waals surface area contributed by atoms with Gasteiger partial charge in [0.1, 0.15) is 17.6 Å². The fraction of sp³-hybridized carbons (Fsp3) is 0.353. The van der Waals surface area contributed by atoms with E-state index in [9.17, 15) is 0 Å². The zero-order valence-corrected chi connectivity index (χ0v) is 13.5. The van der Waals surface area contributed by atoms with E-state index in [0.717, 1.165) is 31.2 Å². The molecule has 4 heterocycles. The van der Waals surface area contributed by atoms with Crippen molar-refractivity contribution in [2.45, 2.75) is 32.7 Å². The molecule has 124 valence electrons. The first-order valence-corrected chi connectivity index (χ1v) is 7.98. The van der Waals surface area contributed by atoms with Crippen LogP contribution in [-0.4, -0.2) is 37.3 Å². The lowest BCUT2D eigenvalue weighted by Gasteiger charge is -2.22. The monoisotopic (exact) mass is 325 g/mol. The molecule has 1 aliphatic rings. The van der Waals surface area contributed by atoms with Gasteiger partial charge in [0.15, 0.2) is 0 Å². The van der Waals surface area contributed by atoms with Gasteiger partial charge in [-0.25, -0.2) is 9.97 Å². The maximum absolute atomic E-state index is 5.98. The van der Waals surface area contributed by atoms with Crippen LogP contribution in [0.25, 0.3) is 0 Å². The molecule has 1 atom stereocenters. The minimum absolute atomic E-state index is 0.0791. The predicted octanol–water partition coefficient (Wildman–Crippen LogP) is 2.04. The first-order chi connectivity index (χ1) is 11.8. The van der Waals surface area contributed by atoms with E-state index in [1.54, 1.807) is 18.5 Å². The summed E-state index contributed by atoms with van der Waals surface area (Å²) < 4.78 is 13.7. The van der Waals surface area contributed by atoms with E-state index in [-0.39, 0.29) is 6.10 Å². The zero-order chi connectivity index (χ0) is 16.4. The number of hydrogen-bond donors (Lipinski definition) is 0. The normalized spacial score (nSPS) is 18.1. The van der Waals surface area contributed by atoms with Crippen molar-refractivity contribution in [3.63, 3.8) is 0 Å². The van der Waals surface area contributed by atoms with Crippen LogP contribution in [-0.2, 0) is 19.6 Å². The summed E-state index contributed by atoms with van der Waals surface area (Å²) in [5.41, 5.74) is 1.17. The smallest absolute Gasteiger partial charge is 0.316 e. The summed E-state index contributed by atoms with van der Waals surface area (Å²) in [6.45, 7) is 4.92. The third-order valence-electron chi connectivity index (χ3n) is 4.02. The molecule has 7 nitrogen and oxygen atoms in total. The molecule has 4 rings (SSSR count). The minimum Gasteiger partial charge on any atom is -0.465 e. The highest BCUT2D eigenvalue weighted by Crippen LogP contribution is 2.18. The molecule has 0 fully saturated rings. The molecule has 0 aliphatic carbocycles. The first kappa shape index (κ1) is 14.9. The van der Waals surface area contributed by atoms with Crippen molar-refractivity contribution in [2.24, 2.45) is 0 Å². The number of fused-ring (bicyclic) bond motifs is 1. The summed E-state index contributed by atoms with van der Waals surface area (Å²) in [6.07, 6.45) is 5.11. The first-order valence-electron chi connectivity index (χ1n) is 7.98. The number of ether oxygens (including phenoxy) is 1. The second-order valence-electron chi connectivity index (χ2n) is 5.96. The van der Waals surface area contributed by atoms with Crippen molar-refractivity contribution in [1.29, 1.82) is 0 Å². The number of rotatable bonds is 4. The highest BCUT2D eigenvalue weighted by atomic mass is 16.5. The fourth-order valence-electron chi connectivity index (χ4n) is 2.97. The summed E-state index contributed by atoms with van der Waals surface area (Å²) in [5.74, 6) is 1.88. The van der Waals surface area contributed by atoms with E-state index in [0.29, 0.717) is 12.6 Å². The number of aromatic nitrogens is 4. The molecular formula is C17H19N5O2. The minimum atomic E-state index is -0.0791. The Balaban J connectivity index is 1.54. The van der Waals surface area contributed by atoms with Crippen molar-refractivity contribution in [2.75, 3.05) is 6.54 Å². The van der Waals surface area contributed by atoms with Crippen LogP contribution in [0.4, 0.5) is 0 Å². The van der Waals surface area contributed by atoms with Crippen molar-refractivity contribution < 1.29 is 9.15 Å². The van der Waals surface area contributed by atoms with Gasteiger partial charge >= 0.3 is 6.01 Å². The Morgan fingerprint density at radius 2 is 2.04 bits per heavy atom. The Morgan fingerprint density at radius 1 is 1.17 bits per heavy atom. The molecular weight excluding hydrogens is 306 g/mol. The van der Waals surface area contributed by atoms with Gasteiger partial charge in [0, 0.05) is 31.7 Å². The summed E-state index contributed by atoms with van der Waals surface area (Å²) in [6, 6.07) is 8.22. The van der Waals surface area contributed by atoms with Crippen molar-refractivity contribution in [1.82, 2.24) is 24.6 Å². The van der Waals surface area contributed by atoms with Crippen LogP contribution in [0.3, 0.4) is 0 Å². The van der Waals surface area contributed by atoms with E-state index in [2.05, 4.69) is 20.0 Å². The second kappa shape index (κ2) is 6.45. The predicted molar refractivity (Wildman–Crippen MR) is 86.2 cm³/mol. The molecule has 3 aromatic rings. The molecule has 0 unspecified atom stereocenters. The van der Waals surface area contributed by atoms with Crippen LogP contribution in [0.1, 0.15) is 17.2 Å². The average molecular weight is 325 g/mol. The largest absolute Gasteiger partial charge is 0.465 e. The van der Waals surface area contributed by atoms with Crippen LogP contribution in [0.2, 0.25) is 0 Å². The quantitative estimate of drug-likeness (QED) is 0.731. The van der Waals surface area contributed by atoms with Crippen molar-refractivity contribution in [3.05, 3.63) is 60.1 Å². The van der Waals surface area contributed by atoms with E-state index in [1.807, 2.05) is 36.0 Å². The molecule has 0 radical (unpaired) electrons. The molecule has 0 N–H and O–H groups in total. The lowest BCUT2D eigenvalue weighted by atomic mass is 10.3. The van der Waals surface area contributed by atoms with E-state index >= 15 is 0 Å². The van der Waals surface area contributed by atoms with Crippen LogP contribution in [0.15, 0.2) is 47.3 Å². The van der Waals surface area contributed by atoms with E-state index in [1.165, 1.54) is 5.69 Å². The number of nitrogens with zero attached hydrogens (tertiary/aromatic N) is 5. The Morgan fingerprint density at radius 3 is 2.83 bits per heavy atom. The highest BCUT2D eigenvalue weighted by molar-refractivity contribution is 5.08. The van der Waals surface area contributed by atoms with Gasteiger partial charge in [-0.1, -0.05) is 0 Å². The maximum Gasteiger partial charge on any atom is 0.316 e. The van der Waals surface area contributed by atoms with Crippen LogP contribution in [0, 0.1) is 6.92 Å². The van der Waals surface area contributed by atoms with Gasteiger partial charge in [0.05, 0.1) is 18.8 Å². The fourth-order valence-corrected chi connectivity index (χ4v) is 2.97. The number of hydrogen-bond acceptors (Lipinski definition) is 6. The van der Waals surface area contributed by atoms with Gasteiger partial charge in [-0.15, -0.1) is 0 Å².